The monoisotopic (exact) mass is 269 g/mol. The Balaban J connectivity index is 2.12. The van der Waals surface area contributed by atoms with Gasteiger partial charge in [0.1, 0.15) is 0 Å². The molecule has 1 aliphatic heterocycles. The molecule has 1 N–H and O–H groups in total. The first-order valence-electron chi connectivity index (χ1n) is 6.07. The minimum Gasteiger partial charge on any atom is -0.378 e. The lowest BCUT2D eigenvalue weighted by Gasteiger charge is -2.37. The summed E-state index contributed by atoms with van der Waals surface area (Å²) in [4.78, 5) is 18.2. The van der Waals surface area contributed by atoms with E-state index in [0.717, 1.165) is 41.5 Å². The van der Waals surface area contributed by atoms with E-state index < -0.39 is 0 Å². The summed E-state index contributed by atoms with van der Waals surface area (Å²) in [5.74, 6) is 0. The molecule has 100 valence electrons. The van der Waals surface area contributed by atoms with Gasteiger partial charge in [0, 0.05) is 26.2 Å². The van der Waals surface area contributed by atoms with Gasteiger partial charge in [-0.3, -0.25) is 4.79 Å². The lowest BCUT2D eigenvalue weighted by molar-refractivity contribution is 0.0628. The van der Waals surface area contributed by atoms with E-state index >= 15 is 0 Å². The minimum absolute atomic E-state index is 0.160. The molecule has 0 aliphatic carbocycles. The normalized spacial score (nSPS) is 24.3. The predicted molar refractivity (Wildman–Crippen MR) is 72.7 cm³/mol. The zero-order chi connectivity index (χ0) is 13.1. The van der Waals surface area contributed by atoms with E-state index in [2.05, 4.69) is 15.2 Å². The molecule has 1 unspecified atom stereocenters. The van der Waals surface area contributed by atoms with Gasteiger partial charge in [-0.15, -0.1) is 0 Å². The number of hydrogen-bond acceptors (Lipinski definition) is 6. The molecule has 0 amide bonds. The average Bonchev–Trinajstić information content (AvgIpc) is 2.79. The van der Waals surface area contributed by atoms with Gasteiger partial charge in [-0.1, -0.05) is 11.3 Å². The van der Waals surface area contributed by atoms with Gasteiger partial charge >= 0.3 is 0 Å². The standard InChI is InChI=1S/C12H19N3O2S/c1-8-11(7-16)18-12(14-8)15-5-4-9(13-2)10(6-15)17-3/h7,9-10,13H,4-6H2,1-3H3/t9?,10-/m0/s1. The van der Waals surface area contributed by atoms with Crippen LogP contribution >= 0.6 is 11.3 Å². The van der Waals surface area contributed by atoms with Crippen molar-refractivity contribution in [2.24, 2.45) is 0 Å². The third-order valence-corrected chi connectivity index (χ3v) is 4.58. The van der Waals surface area contributed by atoms with E-state index in [9.17, 15) is 4.79 Å². The Kier molecular flexibility index (Phi) is 4.31. The molecule has 1 aromatic rings. The molecule has 1 aliphatic rings. The summed E-state index contributed by atoms with van der Waals surface area (Å²) in [5, 5.41) is 4.20. The van der Waals surface area contributed by atoms with Crippen molar-refractivity contribution >= 4 is 22.8 Å². The highest BCUT2D eigenvalue weighted by molar-refractivity contribution is 7.17. The van der Waals surface area contributed by atoms with E-state index in [1.54, 1.807) is 7.11 Å². The van der Waals surface area contributed by atoms with Crippen molar-refractivity contribution < 1.29 is 9.53 Å². The van der Waals surface area contributed by atoms with Gasteiger partial charge in [0.05, 0.1) is 16.7 Å². The first kappa shape index (κ1) is 13.5. The maximum atomic E-state index is 10.9. The first-order valence-corrected chi connectivity index (χ1v) is 6.88. The van der Waals surface area contributed by atoms with Gasteiger partial charge in [0.25, 0.3) is 0 Å². The highest BCUT2D eigenvalue weighted by Crippen LogP contribution is 2.27. The van der Waals surface area contributed by atoms with E-state index in [1.807, 2.05) is 14.0 Å². The van der Waals surface area contributed by atoms with E-state index in [4.69, 9.17) is 4.74 Å². The number of anilines is 1. The lowest BCUT2D eigenvalue weighted by Crippen LogP contribution is -2.52. The number of nitrogens with one attached hydrogen (secondary N) is 1. The maximum Gasteiger partial charge on any atom is 0.186 e. The molecule has 0 saturated carbocycles. The molecule has 1 saturated heterocycles. The molecule has 0 bridgehead atoms. The summed E-state index contributed by atoms with van der Waals surface area (Å²) >= 11 is 1.46. The fraction of sp³-hybridized carbons (Fsp3) is 0.667. The number of likely N-dealkylation sites (N-methyl/N-ethyl adjacent to an activating group) is 1. The number of ether oxygens (including phenoxy) is 1. The average molecular weight is 269 g/mol. The van der Waals surface area contributed by atoms with E-state index in [-0.39, 0.29) is 6.10 Å². The molecule has 1 fully saturated rings. The first-order chi connectivity index (χ1) is 8.69. The SMILES string of the molecule is CNC1CCN(c2nc(C)c(C=O)s2)C[C@@H]1OC. The van der Waals surface area contributed by atoms with Gasteiger partial charge < -0.3 is 15.0 Å². The van der Waals surface area contributed by atoms with Crippen molar-refractivity contribution in [3.05, 3.63) is 10.6 Å². The second kappa shape index (κ2) is 5.77. The summed E-state index contributed by atoms with van der Waals surface area (Å²) in [6.45, 7) is 3.63. The molecule has 5 nitrogen and oxygen atoms in total. The number of thiazole rings is 1. The summed E-state index contributed by atoms with van der Waals surface area (Å²) in [5.41, 5.74) is 0.815. The molecule has 1 aromatic heterocycles. The number of aromatic nitrogens is 1. The molecule has 18 heavy (non-hydrogen) atoms. The Morgan fingerprint density at radius 3 is 2.94 bits per heavy atom. The van der Waals surface area contributed by atoms with Crippen LogP contribution in [0.2, 0.25) is 0 Å². The third-order valence-electron chi connectivity index (χ3n) is 3.43. The number of rotatable bonds is 4. The smallest absolute Gasteiger partial charge is 0.186 e. The highest BCUT2D eigenvalue weighted by Gasteiger charge is 2.29. The second-order valence-electron chi connectivity index (χ2n) is 4.47. The molecule has 2 heterocycles. The number of aldehydes is 1. The quantitative estimate of drug-likeness (QED) is 0.829. The third kappa shape index (κ3) is 2.55. The van der Waals surface area contributed by atoms with E-state index in [1.165, 1.54) is 11.3 Å². The predicted octanol–water partition coefficient (Wildman–Crippen LogP) is 1.08. The fourth-order valence-electron chi connectivity index (χ4n) is 2.30. The summed E-state index contributed by atoms with van der Waals surface area (Å²) < 4.78 is 5.51. The molecule has 0 aromatic carbocycles. The van der Waals surface area contributed by atoms with Crippen LogP contribution in [0.4, 0.5) is 5.13 Å². The van der Waals surface area contributed by atoms with E-state index in [0.29, 0.717) is 6.04 Å². The van der Waals surface area contributed by atoms with Crippen LogP contribution in [-0.4, -0.2) is 50.7 Å². The number of methoxy groups -OCH3 is 1. The van der Waals surface area contributed by atoms with Crippen molar-refractivity contribution in [1.82, 2.24) is 10.3 Å². The van der Waals surface area contributed by atoms with Crippen molar-refractivity contribution in [3.8, 4) is 0 Å². The molecule has 6 heteroatoms. The van der Waals surface area contributed by atoms with Gasteiger partial charge in [-0.25, -0.2) is 4.98 Å². The van der Waals surface area contributed by atoms with Crippen LogP contribution in [0.15, 0.2) is 0 Å². The second-order valence-corrected chi connectivity index (χ2v) is 5.48. The van der Waals surface area contributed by atoms with Gasteiger partial charge in [0.2, 0.25) is 0 Å². The zero-order valence-corrected chi connectivity index (χ0v) is 11.8. The van der Waals surface area contributed by atoms with Gasteiger partial charge in [0.15, 0.2) is 11.4 Å². The van der Waals surface area contributed by atoms with Crippen molar-refractivity contribution in [2.45, 2.75) is 25.5 Å². The van der Waals surface area contributed by atoms with Gasteiger partial charge in [-0.2, -0.15) is 0 Å². The van der Waals surface area contributed by atoms with Crippen LogP contribution < -0.4 is 10.2 Å². The Hall–Kier alpha value is -0.980. The summed E-state index contributed by atoms with van der Waals surface area (Å²) in [6.07, 6.45) is 2.06. The van der Waals surface area contributed by atoms with Crippen LogP contribution in [0.5, 0.6) is 0 Å². The summed E-state index contributed by atoms with van der Waals surface area (Å²) in [7, 11) is 3.70. The zero-order valence-electron chi connectivity index (χ0n) is 11.0. The number of hydrogen-bond donors (Lipinski definition) is 1. The molecular formula is C12H19N3O2S. The summed E-state index contributed by atoms with van der Waals surface area (Å²) in [6, 6.07) is 0.387. The Morgan fingerprint density at radius 1 is 1.61 bits per heavy atom. The molecule has 2 atom stereocenters. The van der Waals surface area contributed by atoms with Crippen LogP contribution in [0.1, 0.15) is 21.8 Å². The Labute approximate surface area is 111 Å². The molecule has 0 radical (unpaired) electrons. The number of aryl methyl sites for hydroxylation is 1. The molecular weight excluding hydrogens is 250 g/mol. The number of piperidine rings is 1. The topological polar surface area (TPSA) is 54.5 Å². The Morgan fingerprint density at radius 2 is 2.39 bits per heavy atom. The fourth-order valence-corrected chi connectivity index (χ4v) is 3.21. The molecule has 0 spiro atoms. The van der Waals surface area contributed by atoms with Crippen LogP contribution in [0.25, 0.3) is 0 Å². The van der Waals surface area contributed by atoms with Gasteiger partial charge in [-0.05, 0) is 20.4 Å². The number of carbonyl (C=O) groups is 1. The van der Waals surface area contributed by atoms with Crippen molar-refractivity contribution in [2.75, 3.05) is 32.1 Å². The highest BCUT2D eigenvalue weighted by atomic mass is 32.1. The Bertz CT molecular complexity index is 421. The maximum absolute atomic E-state index is 10.9. The largest absolute Gasteiger partial charge is 0.378 e. The number of carbonyl (C=O) groups excluding carboxylic acids is 1. The van der Waals surface area contributed by atoms with Crippen LogP contribution in [0.3, 0.4) is 0 Å². The van der Waals surface area contributed by atoms with Crippen molar-refractivity contribution in [3.63, 3.8) is 0 Å². The lowest BCUT2D eigenvalue weighted by atomic mass is 10.0. The molecule has 2 rings (SSSR count). The minimum atomic E-state index is 0.160. The number of nitrogens with zero attached hydrogens (tertiary/aromatic N) is 2. The van der Waals surface area contributed by atoms with Crippen LogP contribution in [-0.2, 0) is 4.74 Å². The van der Waals surface area contributed by atoms with Crippen LogP contribution in [0, 0.1) is 6.92 Å². The van der Waals surface area contributed by atoms with Crippen molar-refractivity contribution in [1.29, 1.82) is 0 Å².